The summed E-state index contributed by atoms with van der Waals surface area (Å²) < 4.78 is 22.6. The van der Waals surface area contributed by atoms with Gasteiger partial charge in [-0.2, -0.15) is 0 Å². The van der Waals surface area contributed by atoms with Crippen LogP contribution >= 0.6 is 0 Å². The van der Waals surface area contributed by atoms with Crippen LogP contribution in [0.25, 0.3) is 0 Å². The second kappa shape index (κ2) is 5.11. The third kappa shape index (κ3) is 3.26. The Morgan fingerprint density at radius 3 is 2.37 bits per heavy atom. The van der Waals surface area contributed by atoms with Gasteiger partial charge in [0.2, 0.25) is 5.91 Å². The van der Waals surface area contributed by atoms with Crippen LogP contribution in [0.3, 0.4) is 0 Å². The molecule has 1 saturated heterocycles. The van der Waals surface area contributed by atoms with Crippen LogP contribution in [-0.2, 0) is 19.4 Å². The summed E-state index contributed by atoms with van der Waals surface area (Å²) in [7, 11) is -3.04. The fraction of sp³-hybridized carbons (Fsp3) is 0.833. The van der Waals surface area contributed by atoms with Crippen LogP contribution in [0, 0.1) is 17.8 Å². The molecule has 2 N–H and O–H groups in total. The SMILES string of the molecule is CC1CC(C(=O)O)C(C(=O)NC2CCS(=O)(=O)C2)C1. The number of rotatable bonds is 3. The van der Waals surface area contributed by atoms with E-state index in [1.807, 2.05) is 6.92 Å². The number of hydrogen-bond acceptors (Lipinski definition) is 4. The Kier molecular flexibility index (Phi) is 3.85. The first-order valence-electron chi connectivity index (χ1n) is 6.52. The van der Waals surface area contributed by atoms with Gasteiger partial charge in [0.05, 0.1) is 23.3 Å². The van der Waals surface area contributed by atoms with E-state index in [0.29, 0.717) is 19.3 Å². The van der Waals surface area contributed by atoms with Gasteiger partial charge in [-0.15, -0.1) is 0 Å². The average molecular weight is 289 g/mol. The Morgan fingerprint density at radius 2 is 1.84 bits per heavy atom. The molecule has 2 aliphatic rings. The van der Waals surface area contributed by atoms with E-state index >= 15 is 0 Å². The Bertz CT molecular complexity index is 486. The predicted octanol–water partition coefficient (Wildman–Crippen LogP) is 0.0366. The van der Waals surface area contributed by atoms with Crippen molar-refractivity contribution in [3.05, 3.63) is 0 Å². The molecule has 1 aliphatic heterocycles. The van der Waals surface area contributed by atoms with Gasteiger partial charge >= 0.3 is 5.97 Å². The van der Waals surface area contributed by atoms with E-state index in [1.165, 1.54) is 0 Å². The van der Waals surface area contributed by atoms with Crippen LogP contribution in [0.15, 0.2) is 0 Å². The molecular weight excluding hydrogens is 270 g/mol. The molecule has 4 atom stereocenters. The van der Waals surface area contributed by atoms with E-state index in [1.54, 1.807) is 0 Å². The van der Waals surface area contributed by atoms with Crippen LogP contribution in [0.5, 0.6) is 0 Å². The summed E-state index contributed by atoms with van der Waals surface area (Å²) in [6.45, 7) is 1.93. The highest BCUT2D eigenvalue weighted by atomic mass is 32.2. The summed E-state index contributed by atoms with van der Waals surface area (Å²) >= 11 is 0. The van der Waals surface area contributed by atoms with E-state index in [-0.39, 0.29) is 29.4 Å². The number of carboxylic acids is 1. The van der Waals surface area contributed by atoms with E-state index in [0.717, 1.165) is 0 Å². The van der Waals surface area contributed by atoms with Gasteiger partial charge in [0, 0.05) is 6.04 Å². The molecule has 0 spiro atoms. The van der Waals surface area contributed by atoms with E-state index in [4.69, 9.17) is 5.11 Å². The van der Waals surface area contributed by atoms with Crippen molar-refractivity contribution in [2.24, 2.45) is 17.8 Å². The molecule has 0 aromatic heterocycles. The summed E-state index contributed by atoms with van der Waals surface area (Å²) in [6, 6.07) is -0.358. The highest BCUT2D eigenvalue weighted by Gasteiger charge is 2.42. The number of sulfone groups is 1. The van der Waals surface area contributed by atoms with Crippen LogP contribution in [0.4, 0.5) is 0 Å². The van der Waals surface area contributed by atoms with Gasteiger partial charge in [-0.25, -0.2) is 8.42 Å². The quantitative estimate of drug-likeness (QED) is 0.764. The predicted molar refractivity (Wildman–Crippen MR) is 68.2 cm³/mol. The molecule has 6 nitrogen and oxygen atoms in total. The number of carboxylic acid groups (broad SMARTS) is 1. The number of carbonyl (C=O) groups is 2. The lowest BCUT2D eigenvalue weighted by atomic mass is 9.95. The lowest BCUT2D eigenvalue weighted by Crippen LogP contribution is -2.41. The van der Waals surface area contributed by atoms with Gasteiger partial charge in [-0.1, -0.05) is 6.92 Å². The molecule has 1 amide bonds. The molecule has 0 bridgehead atoms. The first-order chi connectivity index (χ1) is 8.78. The van der Waals surface area contributed by atoms with Crippen LogP contribution in [0.2, 0.25) is 0 Å². The molecule has 19 heavy (non-hydrogen) atoms. The zero-order chi connectivity index (χ0) is 14.2. The van der Waals surface area contributed by atoms with Gasteiger partial charge in [0.1, 0.15) is 0 Å². The van der Waals surface area contributed by atoms with Crippen molar-refractivity contribution in [2.45, 2.75) is 32.2 Å². The molecule has 1 saturated carbocycles. The van der Waals surface area contributed by atoms with Gasteiger partial charge in [-0.3, -0.25) is 9.59 Å². The second-order valence-corrected chi connectivity index (χ2v) is 7.97. The largest absolute Gasteiger partial charge is 0.481 e. The number of nitrogens with one attached hydrogen (secondary N) is 1. The third-order valence-electron chi connectivity index (χ3n) is 4.03. The Hall–Kier alpha value is -1.11. The monoisotopic (exact) mass is 289 g/mol. The van der Waals surface area contributed by atoms with Crippen molar-refractivity contribution in [1.29, 1.82) is 0 Å². The number of aliphatic carboxylic acids is 1. The van der Waals surface area contributed by atoms with Crippen molar-refractivity contribution >= 4 is 21.7 Å². The smallest absolute Gasteiger partial charge is 0.307 e. The summed E-state index contributed by atoms with van der Waals surface area (Å²) in [6.07, 6.45) is 1.49. The summed E-state index contributed by atoms with van der Waals surface area (Å²) in [4.78, 5) is 23.2. The number of hydrogen-bond donors (Lipinski definition) is 2. The fourth-order valence-corrected chi connectivity index (χ4v) is 4.74. The topological polar surface area (TPSA) is 101 Å². The first-order valence-corrected chi connectivity index (χ1v) is 8.34. The second-order valence-electron chi connectivity index (χ2n) is 5.74. The van der Waals surface area contributed by atoms with Crippen LogP contribution in [-0.4, -0.2) is 42.9 Å². The van der Waals surface area contributed by atoms with Gasteiger partial charge in [-0.05, 0) is 25.2 Å². The lowest BCUT2D eigenvalue weighted by Gasteiger charge is -2.18. The lowest BCUT2D eigenvalue weighted by molar-refractivity contribution is -0.146. The van der Waals surface area contributed by atoms with Crippen molar-refractivity contribution < 1.29 is 23.1 Å². The zero-order valence-corrected chi connectivity index (χ0v) is 11.6. The minimum absolute atomic E-state index is 0.0290. The fourth-order valence-electron chi connectivity index (χ4n) is 3.07. The highest BCUT2D eigenvalue weighted by molar-refractivity contribution is 7.91. The Morgan fingerprint density at radius 1 is 1.21 bits per heavy atom. The standard InChI is InChI=1S/C12H19NO5S/c1-7-4-9(10(5-7)12(15)16)11(14)13-8-2-3-19(17,18)6-8/h7-10H,2-6H2,1H3,(H,13,14)(H,15,16). The maximum atomic E-state index is 12.1. The molecule has 0 aromatic carbocycles. The Balaban J connectivity index is 1.98. The van der Waals surface area contributed by atoms with Crippen LogP contribution < -0.4 is 5.32 Å². The molecular formula is C12H19NO5S. The van der Waals surface area contributed by atoms with Crippen molar-refractivity contribution in [1.82, 2.24) is 5.32 Å². The normalized spacial score (nSPS) is 37.1. The average Bonchev–Trinajstić information content (AvgIpc) is 2.82. The molecule has 2 fully saturated rings. The van der Waals surface area contributed by atoms with E-state index in [9.17, 15) is 18.0 Å². The van der Waals surface area contributed by atoms with Gasteiger partial charge in [0.15, 0.2) is 9.84 Å². The summed E-state index contributed by atoms with van der Waals surface area (Å²) in [5.74, 6) is -2.14. The molecule has 0 radical (unpaired) electrons. The Labute approximate surface area is 112 Å². The molecule has 7 heteroatoms. The number of amides is 1. The highest BCUT2D eigenvalue weighted by Crippen LogP contribution is 2.36. The first kappa shape index (κ1) is 14.3. The molecule has 1 aliphatic carbocycles. The van der Waals surface area contributed by atoms with Crippen molar-refractivity contribution in [2.75, 3.05) is 11.5 Å². The summed E-state index contributed by atoms with van der Waals surface area (Å²) in [5, 5.41) is 11.8. The van der Waals surface area contributed by atoms with Crippen LogP contribution in [0.1, 0.15) is 26.2 Å². The number of carbonyl (C=O) groups excluding carboxylic acids is 1. The molecule has 1 heterocycles. The molecule has 0 aromatic rings. The van der Waals surface area contributed by atoms with Crippen molar-refractivity contribution in [3.63, 3.8) is 0 Å². The van der Waals surface area contributed by atoms with E-state index < -0.39 is 27.6 Å². The van der Waals surface area contributed by atoms with Gasteiger partial charge < -0.3 is 10.4 Å². The van der Waals surface area contributed by atoms with E-state index in [2.05, 4.69) is 5.32 Å². The minimum Gasteiger partial charge on any atom is -0.481 e. The maximum Gasteiger partial charge on any atom is 0.307 e. The maximum absolute atomic E-state index is 12.1. The molecule has 2 rings (SSSR count). The zero-order valence-electron chi connectivity index (χ0n) is 10.8. The van der Waals surface area contributed by atoms with Crippen molar-refractivity contribution in [3.8, 4) is 0 Å². The summed E-state index contributed by atoms with van der Waals surface area (Å²) in [5.41, 5.74) is 0. The van der Waals surface area contributed by atoms with Gasteiger partial charge in [0.25, 0.3) is 0 Å². The minimum atomic E-state index is -3.04. The third-order valence-corrected chi connectivity index (χ3v) is 5.80. The molecule has 4 unspecified atom stereocenters. The molecule has 108 valence electrons.